The molecular weight excluding hydrogens is 317 g/mol. The van der Waals surface area contributed by atoms with Crippen molar-refractivity contribution in [2.45, 2.75) is 32.2 Å². The van der Waals surface area contributed by atoms with E-state index in [2.05, 4.69) is 54.0 Å². The summed E-state index contributed by atoms with van der Waals surface area (Å²) in [6, 6.07) is 12.9. The number of nitrogens with two attached hydrogens (primary N) is 1. The van der Waals surface area contributed by atoms with Crippen molar-refractivity contribution in [3.63, 3.8) is 0 Å². The molecule has 0 bridgehead atoms. The molecule has 2 N–H and O–H groups in total. The summed E-state index contributed by atoms with van der Waals surface area (Å²) in [5, 5.41) is 0. The van der Waals surface area contributed by atoms with E-state index in [0.29, 0.717) is 12.3 Å². The highest BCUT2D eigenvalue weighted by Gasteiger charge is 2.11. The average Bonchev–Trinajstić information content (AvgIpc) is 2.43. The molecule has 0 aliphatic heterocycles. The second kappa shape index (κ2) is 6.51. The van der Waals surface area contributed by atoms with Crippen LogP contribution < -0.4 is 5.73 Å². The maximum absolute atomic E-state index is 13.3. The molecule has 0 aliphatic carbocycles. The molecule has 0 spiro atoms. The smallest absolute Gasteiger partial charge is 0.123 e. The number of hydrogen-bond donors (Lipinski definition) is 1. The number of rotatable bonds is 4. The molecule has 0 heterocycles. The van der Waals surface area contributed by atoms with Crippen LogP contribution in [0, 0.1) is 5.82 Å². The highest BCUT2D eigenvalue weighted by molar-refractivity contribution is 9.10. The van der Waals surface area contributed by atoms with Gasteiger partial charge in [0.1, 0.15) is 5.82 Å². The van der Waals surface area contributed by atoms with E-state index in [-0.39, 0.29) is 11.9 Å². The topological polar surface area (TPSA) is 26.0 Å². The Kier molecular flexibility index (Phi) is 4.95. The van der Waals surface area contributed by atoms with Gasteiger partial charge in [-0.25, -0.2) is 4.39 Å². The molecule has 0 saturated carbocycles. The van der Waals surface area contributed by atoms with Crippen molar-refractivity contribution in [2.24, 2.45) is 5.73 Å². The van der Waals surface area contributed by atoms with E-state index in [9.17, 15) is 4.39 Å². The van der Waals surface area contributed by atoms with Crippen LogP contribution in [0.3, 0.4) is 0 Å². The number of halogens is 2. The fraction of sp³-hybridized carbons (Fsp3) is 0.294. The van der Waals surface area contributed by atoms with E-state index in [4.69, 9.17) is 5.73 Å². The Hall–Kier alpha value is -1.19. The van der Waals surface area contributed by atoms with Gasteiger partial charge in [-0.15, -0.1) is 0 Å². The molecule has 0 fully saturated rings. The molecule has 1 atom stereocenters. The van der Waals surface area contributed by atoms with E-state index in [1.807, 2.05) is 0 Å². The van der Waals surface area contributed by atoms with Crippen molar-refractivity contribution in [1.29, 1.82) is 0 Å². The first-order chi connectivity index (χ1) is 9.47. The zero-order chi connectivity index (χ0) is 14.7. The Bertz CT molecular complexity index is 578. The minimum Gasteiger partial charge on any atom is -0.324 e. The van der Waals surface area contributed by atoms with Crippen LogP contribution in [0.4, 0.5) is 4.39 Å². The van der Waals surface area contributed by atoms with Gasteiger partial charge in [0.05, 0.1) is 0 Å². The zero-order valence-corrected chi connectivity index (χ0v) is 13.3. The van der Waals surface area contributed by atoms with Gasteiger partial charge in [-0.3, -0.25) is 0 Å². The molecule has 2 aromatic rings. The van der Waals surface area contributed by atoms with Gasteiger partial charge < -0.3 is 5.73 Å². The highest BCUT2D eigenvalue weighted by Crippen LogP contribution is 2.24. The van der Waals surface area contributed by atoms with E-state index >= 15 is 0 Å². The largest absolute Gasteiger partial charge is 0.324 e. The lowest BCUT2D eigenvalue weighted by Gasteiger charge is -2.15. The van der Waals surface area contributed by atoms with Gasteiger partial charge in [-0.05, 0) is 47.2 Å². The first-order valence-corrected chi connectivity index (χ1v) is 7.56. The summed E-state index contributed by atoms with van der Waals surface area (Å²) in [5.74, 6) is 0.281. The Balaban J connectivity index is 2.15. The van der Waals surface area contributed by atoms with Crippen LogP contribution in [-0.2, 0) is 6.42 Å². The van der Waals surface area contributed by atoms with Gasteiger partial charge in [0, 0.05) is 10.5 Å². The van der Waals surface area contributed by atoms with Crippen LogP contribution in [-0.4, -0.2) is 0 Å². The predicted molar refractivity (Wildman–Crippen MR) is 85.3 cm³/mol. The monoisotopic (exact) mass is 335 g/mol. The molecular formula is C17H19BrFN. The molecule has 0 radical (unpaired) electrons. The summed E-state index contributed by atoms with van der Waals surface area (Å²) in [5.41, 5.74) is 9.50. The van der Waals surface area contributed by atoms with Gasteiger partial charge in [0.15, 0.2) is 0 Å². The van der Waals surface area contributed by atoms with E-state index in [0.717, 1.165) is 15.6 Å². The molecule has 0 aromatic heterocycles. The van der Waals surface area contributed by atoms with Crippen LogP contribution in [0.25, 0.3) is 0 Å². The maximum atomic E-state index is 13.3. The third-order valence-corrected chi connectivity index (χ3v) is 4.25. The van der Waals surface area contributed by atoms with Crippen molar-refractivity contribution in [3.05, 3.63) is 69.4 Å². The molecule has 0 aliphatic rings. The quantitative estimate of drug-likeness (QED) is 0.840. The minimum atomic E-state index is -0.231. The third-order valence-electron chi connectivity index (χ3n) is 3.48. The van der Waals surface area contributed by atoms with Crippen LogP contribution in [0.1, 0.15) is 42.5 Å². The summed E-state index contributed by atoms with van der Waals surface area (Å²) < 4.78 is 14.2. The van der Waals surface area contributed by atoms with Crippen LogP contribution >= 0.6 is 15.9 Å². The molecule has 20 heavy (non-hydrogen) atoms. The Labute approximate surface area is 128 Å². The summed E-state index contributed by atoms with van der Waals surface area (Å²) >= 11 is 3.44. The standard InChI is InChI=1S/C17H19BrFN/c1-11(2)12-3-5-13(6-4-12)17(20)10-14-9-15(19)7-8-16(14)18/h3-9,11,17H,10,20H2,1-2H3. The first kappa shape index (κ1) is 15.2. The van der Waals surface area contributed by atoms with Crippen LogP contribution in [0.5, 0.6) is 0 Å². The van der Waals surface area contributed by atoms with E-state index in [1.165, 1.54) is 17.7 Å². The molecule has 1 nitrogen and oxygen atoms in total. The van der Waals surface area contributed by atoms with Gasteiger partial charge >= 0.3 is 0 Å². The average molecular weight is 336 g/mol. The molecule has 1 unspecified atom stereocenters. The van der Waals surface area contributed by atoms with Gasteiger partial charge in [0.25, 0.3) is 0 Å². The van der Waals surface area contributed by atoms with Crippen molar-refractivity contribution in [2.75, 3.05) is 0 Å². The summed E-state index contributed by atoms with van der Waals surface area (Å²) in [6.07, 6.45) is 0.610. The molecule has 106 valence electrons. The van der Waals surface area contributed by atoms with Gasteiger partial charge in [0.2, 0.25) is 0 Å². The maximum Gasteiger partial charge on any atom is 0.123 e. The fourth-order valence-electron chi connectivity index (χ4n) is 2.18. The van der Waals surface area contributed by atoms with Crippen molar-refractivity contribution in [3.8, 4) is 0 Å². The Morgan fingerprint density at radius 3 is 2.25 bits per heavy atom. The van der Waals surface area contributed by atoms with Crippen molar-refractivity contribution >= 4 is 15.9 Å². The van der Waals surface area contributed by atoms with Crippen LogP contribution in [0.2, 0.25) is 0 Å². The zero-order valence-electron chi connectivity index (χ0n) is 11.7. The molecule has 2 aromatic carbocycles. The summed E-state index contributed by atoms with van der Waals surface area (Å²) in [7, 11) is 0. The highest BCUT2D eigenvalue weighted by atomic mass is 79.9. The molecule has 0 amide bonds. The lowest BCUT2D eigenvalue weighted by atomic mass is 9.96. The van der Waals surface area contributed by atoms with Crippen molar-refractivity contribution < 1.29 is 4.39 Å². The second-order valence-corrected chi connectivity index (χ2v) is 6.22. The fourth-order valence-corrected chi connectivity index (χ4v) is 2.59. The van der Waals surface area contributed by atoms with Gasteiger partial charge in [-0.2, -0.15) is 0 Å². The third kappa shape index (κ3) is 3.68. The second-order valence-electron chi connectivity index (χ2n) is 5.37. The SMILES string of the molecule is CC(C)c1ccc(C(N)Cc2cc(F)ccc2Br)cc1. The first-order valence-electron chi connectivity index (χ1n) is 6.76. The summed E-state index contributed by atoms with van der Waals surface area (Å²) in [6.45, 7) is 4.33. The van der Waals surface area contributed by atoms with Gasteiger partial charge in [-0.1, -0.05) is 54.0 Å². The molecule has 0 saturated heterocycles. The molecule has 3 heteroatoms. The van der Waals surface area contributed by atoms with E-state index in [1.54, 1.807) is 6.07 Å². The number of benzene rings is 2. The Morgan fingerprint density at radius 1 is 1.05 bits per heavy atom. The van der Waals surface area contributed by atoms with E-state index < -0.39 is 0 Å². The van der Waals surface area contributed by atoms with Crippen molar-refractivity contribution in [1.82, 2.24) is 0 Å². The Morgan fingerprint density at radius 2 is 1.65 bits per heavy atom. The predicted octanol–water partition coefficient (Wildman–Crippen LogP) is 4.95. The number of hydrogen-bond acceptors (Lipinski definition) is 1. The lowest BCUT2D eigenvalue weighted by molar-refractivity contribution is 0.621. The summed E-state index contributed by atoms with van der Waals surface area (Å²) in [4.78, 5) is 0. The minimum absolute atomic E-state index is 0.130. The molecule has 2 rings (SSSR count). The lowest BCUT2D eigenvalue weighted by Crippen LogP contribution is -2.13. The van der Waals surface area contributed by atoms with Crippen LogP contribution in [0.15, 0.2) is 46.9 Å². The normalized spacial score (nSPS) is 12.7.